The fourth-order valence-corrected chi connectivity index (χ4v) is 2.31. The van der Waals surface area contributed by atoms with Gasteiger partial charge in [0, 0.05) is 36.6 Å². The Balaban J connectivity index is 1.94. The van der Waals surface area contributed by atoms with Crippen LogP contribution >= 0.6 is 11.6 Å². The second-order valence-electron chi connectivity index (χ2n) is 5.85. The Morgan fingerprint density at radius 3 is 2.50 bits per heavy atom. The molecular formula is C17H18ClN7O. The number of halogens is 1. The molecule has 0 saturated carbocycles. The molecule has 3 aromatic rings. The molecule has 2 heterocycles. The van der Waals surface area contributed by atoms with Gasteiger partial charge in [-0.25, -0.2) is 9.97 Å². The largest absolute Gasteiger partial charge is 0.343 e. The van der Waals surface area contributed by atoms with Gasteiger partial charge in [-0.05, 0) is 31.2 Å². The maximum absolute atomic E-state index is 12.4. The van der Waals surface area contributed by atoms with Crippen molar-refractivity contribution in [2.45, 2.75) is 6.92 Å². The summed E-state index contributed by atoms with van der Waals surface area (Å²) in [5.41, 5.74) is 1.87. The van der Waals surface area contributed by atoms with E-state index in [-0.39, 0.29) is 11.6 Å². The molecule has 1 aromatic carbocycles. The first kappa shape index (κ1) is 17.7. The molecule has 0 spiro atoms. The molecule has 8 nitrogen and oxygen atoms in total. The summed E-state index contributed by atoms with van der Waals surface area (Å²) in [6.45, 7) is 1.90. The molecule has 3 N–H and O–H groups in total. The van der Waals surface area contributed by atoms with Crippen LogP contribution in [0.2, 0.25) is 5.02 Å². The van der Waals surface area contributed by atoms with Gasteiger partial charge in [-0.15, -0.1) is 0 Å². The number of hydrogen-bond donors (Lipinski definition) is 3. The Bertz CT molecular complexity index is 921. The van der Waals surface area contributed by atoms with Crippen molar-refractivity contribution in [3.8, 4) is 0 Å². The summed E-state index contributed by atoms with van der Waals surface area (Å²) in [4.78, 5) is 22.6. The molecule has 2 aromatic heterocycles. The van der Waals surface area contributed by atoms with Crippen LogP contribution in [-0.2, 0) is 0 Å². The minimum absolute atomic E-state index is 0.216. The molecule has 26 heavy (non-hydrogen) atoms. The number of amides is 1. The lowest BCUT2D eigenvalue weighted by atomic mass is 10.3. The Morgan fingerprint density at radius 1 is 1.15 bits per heavy atom. The van der Waals surface area contributed by atoms with Crippen LogP contribution in [0, 0.1) is 6.92 Å². The fraction of sp³-hybridized carbons (Fsp3) is 0.176. The molecule has 0 bridgehead atoms. The summed E-state index contributed by atoms with van der Waals surface area (Å²) in [7, 11) is 3.32. The highest BCUT2D eigenvalue weighted by molar-refractivity contribution is 6.30. The molecule has 1 amide bonds. The molecule has 0 radical (unpaired) electrons. The molecule has 9 heteroatoms. The average Bonchev–Trinajstić information content (AvgIpc) is 3.01. The number of anilines is 4. The zero-order valence-electron chi connectivity index (χ0n) is 14.5. The summed E-state index contributed by atoms with van der Waals surface area (Å²) in [6, 6.07) is 8.93. The molecule has 3 rings (SSSR count). The summed E-state index contributed by atoms with van der Waals surface area (Å²) in [5, 5.41) is 13.7. The minimum atomic E-state index is -0.254. The third-order valence-corrected chi connectivity index (χ3v) is 3.70. The number of aromatic nitrogens is 4. The van der Waals surface area contributed by atoms with Gasteiger partial charge in [-0.2, -0.15) is 5.10 Å². The van der Waals surface area contributed by atoms with E-state index in [1.165, 1.54) is 11.1 Å². The lowest BCUT2D eigenvalue weighted by Crippen LogP contribution is -2.24. The van der Waals surface area contributed by atoms with Crippen molar-refractivity contribution in [3.63, 3.8) is 0 Å². The first-order valence-corrected chi connectivity index (χ1v) is 8.20. The number of carbonyl (C=O) groups excluding carboxylic acids is 1. The second-order valence-corrected chi connectivity index (χ2v) is 6.28. The van der Waals surface area contributed by atoms with Gasteiger partial charge in [-0.3, -0.25) is 9.89 Å². The Labute approximate surface area is 155 Å². The van der Waals surface area contributed by atoms with Crippen molar-refractivity contribution >= 4 is 40.6 Å². The average molecular weight is 372 g/mol. The predicted molar refractivity (Wildman–Crippen MR) is 101 cm³/mol. The summed E-state index contributed by atoms with van der Waals surface area (Å²) in [6.07, 6.45) is 1.49. The molecule has 0 unspecified atom stereocenters. The van der Waals surface area contributed by atoms with Crippen LogP contribution in [0.4, 0.5) is 23.1 Å². The lowest BCUT2D eigenvalue weighted by molar-refractivity contribution is 0.0822. The number of benzene rings is 1. The molecule has 0 aliphatic heterocycles. The molecule has 134 valence electrons. The SMILES string of the molecule is Cc1cc(Nc2cnc(C(=O)N(C)C)c(Nc3ccc(Cl)cc3)n2)n[nH]1. The maximum Gasteiger partial charge on any atom is 0.275 e. The highest BCUT2D eigenvalue weighted by Crippen LogP contribution is 2.23. The molecule has 0 fully saturated rings. The Hall–Kier alpha value is -3.13. The van der Waals surface area contributed by atoms with E-state index < -0.39 is 0 Å². The van der Waals surface area contributed by atoms with Crippen LogP contribution < -0.4 is 10.6 Å². The highest BCUT2D eigenvalue weighted by atomic mass is 35.5. The van der Waals surface area contributed by atoms with Crippen LogP contribution in [0.15, 0.2) is 36.5 Å². The predicted octanol–water partition coefficient (Wildman–Crippen LogP) is 3.35. The van der Waals surface area contributed by atoms with Gasteiger partial charge in [0.25, 0.3) is 5.91 Å². The number of H-pyrrole nitrogens is 1. The van der Waals surface area contributed by atoms with Gasteiger partial charge in [0.2, 0.25) is 0 Å². The van der Waals surface area contributed by atoms with E-state index in [0.717, 1.165) is 11.4 Å². The van der Waals surface area contributed by atoms with Crippen molar-refractivity contribution in [1.82, 2.24) is 25.1 Å². The number of carbonyl (C=O) groups is 1. The van der Waals surface area contributed by atoms with Crippen molar-refractivity contribution in [1.29, 1.82) is 0 Å². The number of aryl methyl sites for hydroxylation is 1. The van der Waals surface area contributed by atoms with Gasteiger partial charge in [-0.1, -0.05) is 11.6 Å². The third-order valence-electron chi connectivity index (χ3n) is 3.45. The van der Waals surface area contributed by atoms with Crippen LogP contribution in [0.5, 0.6) is 0 Å². The summed E-state index contributed by atoms with van der Waals surface area (Å²) in [5.74, 6) is 1.16. The van der Waals surface area contributed by atoms with Crippen LogP contribution in [-0.4, -0.2) is 45.1 Å². The normalized spacial score (nSPS) is 10.5. The number of nitrogens with zero attached hydrogens (tertiary/aromatic N) is 4. The van der Waals surface area contributed by atoms with E-state index >= 15 is 0 Å². The Morgan fingerprint density at radius 2 is 1.88 bits per heavy atom. The van der Waals surface area contributed by atoms with Gasteiger partial charge in [0.05, 0.1) is 6.20 Å². The van der Waals surface area contributed by atoms with Crippen molar-refractivity contribution in [3.05, 3.63) is 52.9 Å². The van der Waals surface area contributed by atoms with Crippen molar-refractivity contribution < 1.29 is 4.79 Å². The first-order valence-electron chi connectivity index (χ1n) is 7.82. The monoisotopic (exact) mass is 371 g/mol. The standard InChI is InChI=1S/C17H18ClN7O/c1-10-8-13(24-23-10)21-14-9-19-15(17(26)25(2)3)16(22-14)20-12-6-4-11(18)5-7-12/h4-9H,1-3H3,(H3,20,21,22,23,24). The van der Waals surface area contributed by atoms with E-state index in [0.29, 0.717) is 22.5 Å². The van der Waals surface area contributed by atoms with Crippen LogP contribution in [0.25, 0.3) is 0 Å². The smallest absolute Gasteiger partial charge is 0.275 e. The van der Waals surface area contributed by atoms with Crippen molar-refractivity contribution in [2.24, 2.45) is 0 Å². The number of nitrogens with one attached hydrogen (secondary N) is 3. The second kappa shape index (κ2) is 7.40. The van der Waals surface area contributed by atoms with Gasteiger partial charge >= 0.3 is 0 Å². The number of hydrogen-bond acceptors (Lipinski definition) is 6. The lowest BCUT2D eigenvalue weighted by Gasteiger charge is -2.15. The van der Waals surface area contributed by atoms with Gasteiger partial charge in [0.15, 0.2) is 23.1 Å². The molecule has 0 aliphatic carbocycles. The van der Waals surface area contributed by atoms with E-state index in [1.54, 1.807) is 38.4 Å². The van der Waals surface area contributed by atoms with E-state index in [4.69, 9.17) is 11.6 Å². The minimum Gasteiger partial charge on any atom is -0.343 e. The Kier molecular flexibility index (Phi) is 5.04. The van der Waals surface area contributed by atoms with E-state index in [1.807, 2.05) is 13.0 Å². The molecule has 0 aliphatic rings. The van der Waals surface area contributed by atoms with Gasteiger partial charge < -0.3 is 15.5 Å². The zero-order chi connectivity index (χ0) is 18.7. The highest BCUT2D eigenvalue weighted by Gasteiger charge is 2.18. The summed E-state index contributed by atoms with van der Waals surface area (Å²) < 4.78 is 0. The fourth-order valence-electron chi connectivity index (χ4n) is 2.19. The van der Waals surface area contributed by atoms with Crippen LogP contribution in [0.3, 0.4) is 0 Å². The number of rotatable bonds is 5. The third kappa shape index (κ3) is 4.09. The maximum atomic E-state index is 12.4. The molecule has 0 saturated heterocycles. The zero-order valence-corrected chi connectivity index (χ0v) is 15.3. The quantitative estimate of drug-likeness (QED) is 0.636. The number of aromatic amines is 1. The molecular weight excluding hydrogens is 354 g/mol. The summed E-state index contributed by atoms with van der Waals surface area (Å²) >= 11 is 5.92. The van der Waals surface area contributed by atoms with Crippen LogP contribution in [0.1, 0.15) is 16.2 Å². The van der Waals surface area contributed by atoms with E-state index in [2.05, 4.69) is 30.8 Å². The van der Waals surface area contributed by atoms with Crippen molar-refractivity contribution in [2.75, 3.05) is 24.7 Å². The first-order chi connectivity index (χ1) is 12.4. The van der Waals surface area contributed by atoms with Gasteiger partial charge in [0.1, 0.15) is 0 Å². The molecule has 0 atom stereocenters. The topological polar surface area (TPSA) is 98.8 Å². The van der Waals surface area contributed by atoms with E-state index in [9.17, 15) is 4.79 Å².